The molecule has 0 aliphatic rings. The molecule has 2 aromatic heterocycles. The molecule has 3 rings (SSSR count). The molecule has 3 aromatic rings. The van der Waals surface area contributed by atoms with Gasteiger partial charge in [0.05, 0.1) is 11.5 Å². The first-order valence-corrected chi connectivity index (χ1v) is 7.56. The minimum atomic E-state index is -0.0113. The maximum absolute atomic E-state index is 8.69. The van der Waals surface area contributed by atoms with E-state index in [2.05, 4.69) is 10.1 Å². The van der Waals surface area contributed by atoms with Crippen LogP contribution in [0.5, 0.6) is 11.5 Å². The fourth-order valence-electron chi connectivity index (χ4n) is 1.76. The molecule has 22 heavy (non-hydrogen) atoms. The molecule has 7 heteroatoms. The van der Waals surface area contributed by atoms with Crippen LogP contribution >= 0.6 is 11.3 Å². The van der Waals surface area contributed by atoms with Crippen molar-refractivity contribution in [1.29, 1.82) is 0 Å². The molecular weight excluding hydrogens is 304 g/mol. The molecule has 6 nitrogen and oxygen atoms in total. The van der Waals surface area contributed by atoms with E-state index in [0.29, 0.717) is 23.2 Å². The van der Waals surface area contributed by atoms with Gasteiger partial charge in [-0.15, -0.1) is 11.3 Å². The largest absolute Gasteiger partial charge is 0.491 e. The molecule has 114 valence electrons. The summed E-state index contributed by atoms with van der Waals surface area (Å²) in [5.74, 6) is 2.35. The van der Waals surface area contributed by atoms with Gasteiger partial charge in [-0.25, -0.2) is 0 Å². The Morgan fingerprint density at radius 1 is 1.09 bits per heavy atom. The average Bonchev–Trinajstić information content (AvgIpc) is 3.23. The van der Waals surface area contributed by atoms with Gasteiger partial charge >= 0.3 is 0 Å². The van der Waals surface area contributed by atoms with E-state index in [1.807, 2.05) is 17.5 Å². The van der Waals surface area contributed by atoms with Crippen LogP contribution in [0.15, 0.2) is 46.3 Å². The molecule has 0 fully saturated rings. The minimum Gasteiger partial charge on any atom is -0.491 e. The Bertz CT molecular complexity index is 695. The second kappa shape index (κ2) is 7.06. The highest BCUT2D eigenvalue weighted by molar-refractivity contribution is 7.13. The lowest BCUT2D eigenvalue weighted by atomic mass is 10.3. The van der Waals surface area contributed by atoms with Crippen LogP contribution in [0.1, 0.15) is 5.82 Å². The predicted molar refractivity (Wildman–Crippen MR) is 81.0 cm³/mol. The molecule has 0 bridgehead atoms. The lowest BCUT2D eigenvalue weighted by Gasteiger charge is -2.06. The second-order valence-electron chi connectivity index (χ2n) is 4.33. The summed E-state index contributed by atoms with van der Waals surface area (Å²) in [7, 11) is 0. The van der Waals surface area contributed by atoms with Crippen molar-refractivity contribution in [1.82, 2.24) is 10.1 Å². The molecule has 1 aromatic carbocycles. The Balaban J connectivity index is 1.56. The van der Waals surface area contributed by atoms with Crippen molar-refractivity contribution < 1.29 is 19.1 Å². The average molecular weight is 318 g/mol. The number of aliphatic hydroxyl groups is 1. The molecule has 0 saturated carbocycles. The van der Waals surface area contributed by atoms with Crippen LogP contribution in [0.4, 0.5) is 0 Å². The van der Waals surface area contributed by atoms with E-state index in [0.717, 1.165) is 4.88 Å². The highest BCUT2D eigenvalue weighted by Gasteiger charge is 2.10. The standard InChI is InChI=1S/C15H14N2O4S/c18-7-8-19-11-3-5-12(6-4-11)20-10-14-16-15(21-17-14)13-2-1-9-22-13/h1-6,9,18H,7-8,10H2. The molecule has 0 saturated heterocycles. The molecule has 0 spiro atoms. The highest BCUT2D eigenvalue weighted by Crippen LogP contribution is 2.23. The van der Waals surface area contributed by atoms with E-state index in [1.54, 1.807) is 35.6 Å². The zero-order valence-corrected chi connectivity index (χ0v) is 12.5. The van der Waals surface area contributed by atoms with Crippen LogP contribution in [0.3, 0.4) is 0 Å². The fraction of sp³-hybridized carbons (Fsp3) is 0.200. The number of hydrogen-bond donors (Lipinski definition) is 1. The van der Waals surface area contributed by atoms with Crippen LogP contribution in [-0.4, -0.2) is 28.5 Å². The summed E-state index contributed by atoms with van der Waals surface area (Å²) in [4.78, 5) is 5.22. The van der Waals surface area contributed by atoms with Crippen molar-refractivity contribution in [2.45, 2.75) is 6.61 Å². The second-order valence-corrected chi connectivity index (χ2v) is 5.27. The zero-order valence-electron chi connectivity index (χ0n) is 11.6. The summed E-state index contributed by atoms with van der Waals surface area (Å²) in [6.45, 7) is 0.489. The monoisotopic (exact) mass is 318 g/mol. The van der Waals surface area contributed by atoms with Gasteiger partial charge in [-0.3, -0.25) is 0 Å². The number of aromatic nitrogens is 2. The molecule has 0 radical (unpaired) electrons. The van der Waals surface area contributed by atoms with Gasteiger partial charge in [-0.1, -0.05) is 11.2 Å². The third kappa shape index (κ3) is 3.63. The van der Waals surface area contributed by atoms with Crippen LogP contribution in [-0.2, 0) is 6.61 Å². The fourth-order valence-corrected chi connectivity index (χ4v) is 2.40. The summed E-state index contributed by atoms with van der Waals surface area (Å²) in [6.07, 6.45) is 0. The summed E-state index contributed by atoms with van der Waals surface area (Å²) in [6, 6.07) is 11.0. The summed E-state index contributed by atoms with van der Waals surface area (Å²) in [5, 5.41) is 14.5. The van der Waals surface area contributed by atoms with Crippen molar-refractivity contribution >= 4 is 11.3 Å². The van der Waals surface area contributed by atoms with E-state index in [1.165, 1.54) is 0 Å². The predicted octanol–water partition coefficient (Wildman–Crippen LogP) is 2.75. The number of nitrogens with zero attached hydrogens (tertiary/aromatic N) is 2. The van der Waals surface area contributed by atoms with E-state index in [4.69, 9.17) is 19.1 Å². The van der Waals surface area contributed by atoms with Crippen molar-refractivity contribution in [3.8, 4) is 22.3 Å². The number of benzene rings is 1. The van der Waals surface area contributed by atoms with Gasteiger partial charge < -0.3 is 19.1 Å². The molecular formula is C15H14N2O4S. The number of rotatable bonds is 7. The van der Waals surface area contributed by atoms with Gasteiger partial charge in [-0.05, 0) is 35.7 Å². The first-order chi connectivity index (χ1) is 10.8. The Labute approximate surface area is 130 Å². The maximum Gasteiger partial charge on any atom is 0.268 e. The Morgan fingerprint density at radius 3 is 2.55 bits per heavy atom. The topological polar surface area (TPSA) is 77.6 Å². The Kier molecular flexibility index (Phi) is 4.67. The van der Waals surface area contributed by atoms with Gasteiger partial charge in [0.2, 0.25) is 5.82 Å². The highest BCUT2D eigenvalue weighted by atomic mass is 32.1. The van der Waals surface area contributed by atoms with Crippen molar-refractivity contribution in [3.63, 3.8) is 0 Å². The zero-order chi connectivity index (χ0) is 15.2. The minimum absolute atomic E-state index is 0.0113. The first-order valence-electron chi connectivity index (χ1n) is 6.68. The quantitative estimate of drug-likeness (QED) is 0.722. The number of ether oxygens (including phenoxy) is 2. The molecule has 1 N–H and O–H groups in total. The molecule has 0 unspecified atom stereocenters. The Hall–Kier alpha value is -2.38. The van der Waals surface area contributed by atoms with Gasteiger partial charge in [0.25, 0.3) is 5.89 Å². The Morgan fingerprint density at radius 2 is 1.86 bits per heavy atom. The van der Waals surface area contributed by atoms with Crippen molar-refractivity contribution in [3.05, 3.63) is 47.6 Å². The number of aliphatic hydroxyl groups excluding tert-OH is 1. The van der Waals surface area contributed by atoms with Gasteiger partial charge in [-0.2, -0.15) is 4.98 Å². The lowest BCUT2D eigenvalue weighted by Crippen LogP contribution is -2.01. The van der Waals surface area contributed by atoms with Crippen molar-refractivity contribution in [2.75, 3.05) is 13.2 Å². The van der Waals surface area contributed by atoms with Gasteiger partial charge in [0.1, 0.15) is 18.1 Å². The SMILES string of the molecule is OCCOc1ccc(OCc2noc(-c3cccs3)n2)cc1. The number of thiophene rings is 1. The normalized spacial score (nSPS) is 10.6. The van der Waals surface area contributed by atoms with Crippen molar-refractivity contribution in [2.24, 2.45) is 0 Å². The third-order valence-electron chi connectivity index (χ3n) is 2.75. The molecule has 2 heterocycles. The third-order valence-corrected chi connectivity index (χ3v) is 3.61. The molecule has 0 amide bonds. The summed E-state index contributed by atoms with van der Waals surface area (Å²) in [5.41, 5.74) is 0. The first kappa shape index (κ1) is 14.6. The van der Waals surface area contributed by atoms with Gasteiger partial charge in [0.15, 0.2) is 6.61 Å². The van der Waals surface area contributed by atoms with Crippen LogP contribution in [0.25, 0.3) is 10.8 Å². The number of hydrogen-bond acceptors (Lipinski definition) is 7. The molecule has 0 atom stereocenters. The summed E-state index contributed by atoms with van der Waals surface area (Å²) < 4.78 is 16.1. The van der Waals surface area contributed by atoms with E-state index >= 15 is 0 Å². The van der Waals surface area contributed by atoms with Crippen LogP contribution in [0, 0.1) is 0 Å². The van der Waals surface area contributed by atoms with E-state index in [9.17, 15) is 0 Å². The maximum atomic E-state index is 8.69. The van der Waals surface area contributed by atoms with Crippen LogP contribution < -0.4 is 9.47 Å². The molecule has 0 aliphatic heterocycles. The van der Waals surface area contributed by atoms with E-state index < -0.39 is 0 Å². The summed E-state index contributed by atoms with van der Waals surface area (Å²) >= 11 is 1.54. The molecule has 0 aliphatic carbocycles. The van der Waals surface area contributed by atoms with Crippen LogP contribution in [0.2, 0.25) is 0 Å². The van der Waals surface area contributed by atoms with E-state index in [-0.39, 0.29) is 19.8 Å². The van der Waals surface area contributed by atoms with Gasteiger partial charge in [0, 0.05) is 0 Å². The lowest BCUT2D eigenvalue weighted by molar-refractivity contribution is 0.201. The smallest absolute Gasteiger partial charge is 0.268 e.